The first-order valence-electron chi connectivity index (χ1n) is 9.13. The Bertz CT molecular complexity index is 744. The van der Waals surface area contributed by atoms with Crippen molar-refractivity contribution >= 4 is 23.4 Å². The second kappa shape index (κ2) is 5.68. The summed E-state index contributed by atoms with van der Waals surface area (Å²) in [4.78, 5) is 39.5. The largest absolute Gasteiger partial charge is 0.324 e. The van der Waals surface area contributed by atoms with E-state index < -0.39 is 6.04 Å². The highest BCUT2D eigenvalue weighted by Gasteiger charge is 2.62. The third-order valence-electron chi connectivity index (χ3n) is 6.50. The molecule has 2 aliphatic carbocycles. The van der Waals surface area contributed by atoms with Crippen molar-refractivity contribution in [2.75, 3.05) is 5.32 Å². The zero-order valence-electron chi connectivity index (χ0n) is 14.9. The molecule has 1 aromatic rings. The third kappa shape index (κ3) is 2.40. The highest BCUT2D eigenvalue weighted by Crippen LogP contribution is 2.56. The lowest BCUT2D eigenvalue weighted by Gasteiger charge is -2.24. The molecule has 0 aromatic heterocycles. The Morgan fingerprint density at radius 3 is 2.24 bits per heavy atom. The minimum Gasteiger partial charge on any atom is -0.324 e. The number of anilines is 1. The number of hydrogen-bond acceptors (Lipinski definition) is 3. The molecule has 25 heavy (non-hydrogen) atoms. The number of imide groups is 1. The molecule has 1 aromatic carbocycles. The van der Waals surface area contributed by atoms with Crippen molar-refractivity contribution < 1.29 is 14.4 Å². The highest BCUT2D eigenvalue weighted by atomic mass is 16.2. The van der Waals surface area contributed by atoms with Crippen LogP contribution in [0.3, 0.4) is 0 Å². The average Bonchev–Trinajstić information content (AvgIpc) is 3.24. The molecule has 4 rings (SSSR count). The molecule has 1 heterocycles. The maximum Gasteiger partial charge on any atom is 0.247 e. The van der Waals surface area contributed by atoms with Crippen LogP contribution in [0.5, 0.6) is 0 Å². The van der Waals surface area contributed by atoms with Crippen LogP contribution in [-0.2, 0) is 14.4 Å². The van der Waals surface area contributed by atoms with E-state index in [1.54, 1.807) is 6.92 Å². The Balaban J connectivity index is 1.51. The van der Waals surface area contributed by atoms with Crippen molar-refractivity contribution in [1.29, 1.82) is 0 Å². The number of aryl methyl sites for hydroxylation is 2. The Morgan fingerprint density at radius 2 is 1.68 bits per heavy atom. The summed E-state index contributed by atoms with van der Waals surface area (Å²) in [6, 6.07) is 4.92. The van der Waals surface area contributed by atoms with Crippen LogP contribution < -0.4 is 5.32 Å². The summed E-state index contributed by atoms with van der Waals surface area (Å²) in [5, 5.41) is 2.85. The fourth-order valence-electron chi connectivity index (χ4n) is 5.00. The predicted octanol–water partition coefficient (Wildman–Crippen LogP) is 2.66. The predicted molar refractivity (Wildman–Crippen MR) is 93.7 cm³/mol. The fourth-order valence-corrected chi connectivity index (χ4v) is 5.00. The standard InChI is InChI=1S/C20H24N2O3/c1-10-4-7-15(8-11(10)2)21-18(23)12(3)22-19(24)16-13-5-6-14(9-13)17(16)20(22)25/h4,7-8,12-14,16-17H,5-6,9H2,1-3H3,(H,21,23)/t12-,13-,14+,16-,17+/m1/s1. The maximum atomic E-state index is 12.8. The van der Waals surface area contributed by atoms with Crippen LogP contribution in [0, 0.1) is 37.5 Å². The molecule has 5 atom stereocenters. The van der Waals surface area contributed by atoms with Gasteiger partial charge in [0.25, 0.3) is 0 Å². The van der Waals surface area contributed by atoms with Gasteiger partial charge in [-0.2, -0.15) is 0 Å². The molecule has 1 N–H and O–H groups in total. The number of amides is 3. The topological polar surface area (TPSA) is 66.5 Å². The van der Waals surface area contributed by atoms with Crippen molar-refractivity contribution in [3.63, 3.8) is 0 Å². The highest BCUT2D eigenvalue weighted by molar-refractivity contribution is 6.10. The van der Waals surface area contributed by atoms with E-state index in [2.05, 4.69) is 5.32 Å². The van der Waals surface area contributed by atoms with Crippen LogP contribution in [0.1, 0.15) is 37.3 Å². The van der Waals surface area contributed by atoms with E-state index in [-0.39, 0.29) is 29.6 Å². The number of nitrogens with one attached hydrogen (secondary N) is 1. The zero-order chi connectivity index (χ0) is 17.9. The number of hydrogen-bond donors (Lipinski definition) is 1. The van der Waals surface area contributed by atoms with E-state index in [4.69, 9.17) is 0 Å². The van der Waals surface area contributed by atoms with Crippen molar-refractivity contribution in [1.82, 2.24) is 4.90 Å². The van der Waals surface area contributed by atoms with Gasteiger partial charge < -0.3 is 5.32 Å². The van der Waals surface area contributed by atoms with Crippen molar-refractivity contribution in [3.8, 4) is 0 Å². The number of carbonyl (C=O) groups excluding carboxylic acids is 3. The van der Waals surface area contributed by atoms with E-state index in [9.17, 15) is 14.4 Å². The number of rotatable bonds is 3. The van der Waals surface area contributed by atoms with Gasteiger partial charge in [-0.25, -0.2) is 0 Å². The van der Waals surface area contributed by atoms with E-state index in [1.807, 2.05) is 32.0 Å². The SMILES string of the molecule is Cc1ccc(NC(=O)[C@@H](C)N2C(=O)[C@@H]3[C@@H]4CC[C@@H](C4)[C@@H]3C2=O)cc1C. The van der Waals surface area contributed by atoms with Crippen LogP contribution in [0.4, 0.5) is 5.69 Å². The van der Waals surface area contributed by atoms with Crippen LogP contribution in [0.15, 0.2) is 18.2 Å². The Labute approximate surface area is 147 Å². The number of benzene rings is 1. The average molecular weight is 340 g/mol. The lowest BCUT2D eigenvalue weighted by Crippen LogP contribution is -2.46. The summed E-state index contributed by atoms with van der Waals surface area (Å²) < 4.78 is 0. The molecule has 3 amide bonds. The van der Waals surface area contributed by atoms with Gasteiger partial charge in [0.05, 0.1) is 11.8 Å². The second-order valence-corrected chi connectivity index (χ2v) is 7.90. The van der Waals surface area contributed by atoms with E-state index in [0.29, 0.717) is 17.5 Å². The molecule has 3 aliphatic rings. The minimum absolute atomic E-state index is 0.134. The first kappa shape index (κ1) is 16.3. The van der Waals surface area contributed by atoms with Gasteiger partial charge in [-0.1, -0.05) is 6.07 Å². The van der Waals surface area contributed by atoms with Gasteiger partial charge in [0.1, 0.15) is 6.04 Å². The third-order valence-corrected chi connectivity index (χ3v) is 6.50. The molecule has 0 spiro atoms. The molecule has 5 nitrogen and oxygen atoms in total. The van der Waals surface area contributed by atoms with Crippen LogP contribution in [0.25, 0.3) is 0 Å². The van der Waals surface area contributed by atoms with Crippen molar-refractivity contribution in [2.24, 2.45) is 23.7 Å². The summed E-state index contributed by atoms with van der Waals surface area (Å²) in [6.07, 6.45) is 3.09. The normalized spacial score (nSPS) is 31.4. The first-order valence-corrected chi connectivity index (χ1v) is 9.13. The molecule has 2 saturated carbocycles. The number of fused-ring (bicyclic) bond motifs is 5. The quantitative estimate of drug-likeness (QED) is 0.860. The van der Waals surface area contributed by atoms with Crippen LogP contribution in [0.2, 0.25) is 0 Å². The zero-order valence-corrected chi connectivity index (χ0v) is 14.9. The lowest BCUT2D eigenvalue weighted by molar-refractivity contribution is -0.146. The Kier molecular flexibility index (Phi) is 3.71. The Morgan fingerprint density at radius 1 is 1.08 bits per heavy atom. The van der Waals surface area contributed by atoms with Gasteiger partial charge in [0.15, 0.2) is 0 Å². The van der Waals surface area contributed by atoms with Crippen LogP contribution in [-0.4, -0.2) is 28.7 Å². The fraction of sp³-hybridized carbons (Fsp3) is 0.550. The molecule has 2 bridgehead atoms. The molecule has 1 saturated heterocycles. The summed E-state index contributed by atoms with van der Waals surface area (Å²) in [5.74, 6) is -0.253. The molecular weight excluding hydrogens is 316 g/mol. The summed E-state index contributed by atoms with van der Waals surface area (Å²) in [7, 11) is 0. The van der Waals surface area contributed by atoms with E-state index in [0.717, 1.165) is 30.4 Å². The van der Waals surface area contributed by atoms with Gasteiger partial charge in [0, 0.05) is 5.69 Å². The smallest absolute Gasteiger partial charge is 0.247 e. The molecule has 3 fully saturated rings. The molecule has 132 valence electrons. The maximum absolute atomic E-state index is 12.8. The number of nitrogens with zero attached hydrogens (tertiary/aromatic N) is 1. The van der Waals surface area contributed by atoms with Gasteiger partial charge in [-0.3, -0.25) is 19.3 Å². The van der Waals surface area contributed by atoms with E-state index in [1.165, 1.54) is 4.90 Å². The molecule has 0 radical (unpaired) electrons. The summed E-state index contributed by atoms with van der Waals surface area (Å²) in [5.41, 5.74) is 2.93. The van der Waals surface area contributed by atoms with Crippen molar-refractivity contribution in [3.05, 3.63) is 29.3 Å². The summed E-state index contributed by atoms with van der Waals surface area (Å²) in [6.45, 7) is 5.65. The van der Waals surface area contributed by atoms with E-state index >= 15 is 0 Å². The van der Waals surface area contributed by atoms with Crippen molar-refractivity contribution in [2.45, 2.75) is 46.1 Å². The Hall–Kier alpha value is -2.17. The summed E-state index contributed by atoms with van der Waals surface area (Å²) >= 11 is 0. The van der Waals surface area contributed by atoms with Gasteiger partial charge >= 0.3 is 0 Å². The molecule has 1 aliphatic heterocycles. The number of likely N-dealkylation sites (tertiary alicyclic amines) is 1. The monoisotopic (exact) mass is 340 g/mol. The lowest BCUT2D eigenvalue weighted by atomic mass is 9.81. The van der Waals surface area contributed by atoms with Gasteiger partial charge in [-0.05, 0) is 75.1 Å². The molecule has 0 unspecified atom stereocenters. The number of carbonyl (C=O) groups is 3. The first-order chi connectivity index (χ1) is 11.9. The molecule has 5 heteroatoms. The molecular formula is C20H24N2O3. The second-order valence-electron chi connectivity index (χ2n) is 7.90. The van der Waals surface area contributed by atoms with Crippen LogP contribution >= 0.6 is 0 Å². The van der Waals surface area contributed by atoms with Gasteiger partial charge in [-0.15, -0.1) is 0 Å². The van der Waals surface area contributed by atoms with Gasteiger partial charge in [0.2, 0.25) is 17.7 Å². The minimum atomic E-state index is -0.772.